The van der Waals surface area contributed by atoms with Crippen molar-refractivity contribution in [1.82, 2.24) is 10.2 Å². The van der Waals surface area contributed by atoms with Crippen LogP contribution >= 0.6 is 0 Å². The molecule has 7 heteroatoms. The molecule has 7 nitrogen and oxygen atoms in total. The van der Waals surface area contributed by atoms with E-state index in [2.05, 4.69) is 10.2 Å². The number of aliphatic hydroxyl groups excluding tert-OH is 1. The lowest BCUT2D eigenvalue weighted by Crippen LogP contribution is -2.36. The van der Waals surface area contributed by atoms with Gasteiger partial charge in [0.05, 0.1) is 6.10 Å². The quantitative estimate of drug-likeness (QED) is 0.418. The van der Waals surface area contributed by atoms with Crippen LogP contribution in [0.3, 0.4) is 0 Å². The molecule has 2 N–H and O–H groups in total. The Hall–Kier alpha value is -1.34. The number of alkyl carbamates (subject to hydrolysis) is 1. The fourth-order valence-corrected chi connectivity index (χ4v) is 2.47. The predicted molar refractivity (Wildman–Crippen MR) is 107 cm³/mol. The first-order valence-corrected chi connectivity index (χ1v) is 9.87. The lowest BCUT2D eigenvalue weighted by atomic mass is 10.2. The van der Waals surface area contributed by atoms with Crippen molar-refractivity contribution in [3.63, 3.8) is 0 Å². The second kappa shape index (κ2) is 12.2. The number of esters is 1. The number of unbranched alkanes of at least 4 members (excludes halogenated alkanes) is 1. The van der Waals surface area contributed by atoms with Crippen LogP contribution in [0.5, 0.6) is 0 Å². The lowest BCUT2D eigenvalue weighted by molar-refractivity contribution is -0.154. The summed E-state index contributed by atoms with van der Waals surface area (Å²) in [7, 11) is 0. The second-order valence-corrected chi connectivity index (χ2v) is 8.98. The number of carbonyl (C=O) groups excluding carboxylic acids is 2. The molecular formula is C20H40N2O5. The Kier molecular flexibility index (Phi) is 11.6. The van der Waals surface area contributed by atoms with E-state index in [4.69, 9.17) is 9.47 Å². The highest BCUT2D eigenvalue weighted by Crippen LogP contribution is 2.10. The monoisotopic (exact) mass is 388 g/mol. The van der Waals surface area contributed by atoms with Crippen molar-refractivity contribution in [2.45, 2.75) is 91.5 Å². The number of rotatable bonds is 11. The van der Waals surface area contributed by atoms with Gasteiger partial charge in [0.1, 0.15) is 11.2 Å². The molecule has 1 atom stereocenters. The molecule has 0 aromatic carbocycles. The molecule has 0 saturated heterocycles. The van der Waals surface area contributed by atoms with E-state index >= 15 is 0 Å². The van der Waals surface area contributed by atoms with Gasteiger partial charge >= 0.3 is 12.1 Å². The molecule has 0 aliphatic heterocycles. The number of amides is 1. The molecule has 0 bridgehead atoms. The summed E-state index contributed by atoms with van der Waals surface area (Å²) in [6.45, 7) is 15.5. The number of nitrogens with zero attached hydrogens (tertiary/aromatic N) is 1. The van der Waals surface area contributed by atoms with Crippen LogP contribution in [-0.4, -0.2) is 65.6 Å². The zero-order valence-electron chi connectivity index (χ0n) is 18.3. The Morgan fingerprint density at radius 1 is 0.963 bits per heavy atom. The van der Waals surface area contributed by atoms with E-state index in [9.17, 15) is 14.7 Å². The van der Waals surface area contributed by atoms with Crippen LogP contribution in [0.15, 0.2) is 0 Å². The van der Waals surface area contributed by atoms with Crippen molar-refractivity contribution in [3.05, 3.63) is 0 Å². The van der Waals surface area contributed by atoms with Gasteiger partial charge in [0.2, 0.25) is 0 Å². The maximum Gasteiger partial charge on any atom is 0.407 e. The van der Waals surface area contributed by atoms with Gasteiger partial charge in [0.15, 0.2) is 0 Å². The molecule has 0 rings (SSSR count). The first-order valence-electron chi connectivity index (χ1n) is 9.87. The van der Waals surface area contributed by atoms with Gasteiger partial charge < -0.3 is 24.8 Å². The van der Waals surface area contributed by atoms with Gasteiger partial charge in [-0.25, -0.2) is 4.79 Å². The second-order valence-electron chi connectivity index (χ2n) is 8.98. The molecule has 0 saturated carbocycles. The average molecular weight is 389 g/mol. The highest BCUT2D eigenvalue weighted by atomic mass is 16.6. The van der Waals surface area contributed by atoms with E-state index in [1.54, 1.807) is 6.92 Å². The first kappa shape index (κ1) is 25.7. The minimum atomic E-state index is -0.503. The van der Waals surface area contributed by atoms with Crippen molar-refractivity contribution in [2.75, 3.05) is 26.2 Å². The molecule has 160 valence electrons. The van der Waals surface area contributed by atoms with Crippen LogP contribution in [0.2, 0.25) is 0 Å². The highest BCUT2D eigenvalue weighted by Gasteiger charge is 2.17. The SMILES string of the molecule is CC(O)CN(CCCCC(=O)OC(C)(C)C)CCCNC(=O)OC(C)(C)C. The third-order valence-electron chi connectivity index (χ3n) is 3.37. The molecule has 0 aliphatic carbocycles. The molecule has 0 aromatic rings. The average Bonchev–Trinajstić information content (AvgIpc) is 2.43. The van der Waals surface area contributed by atoms with E-state index in [1.807, 2.05) is 41.5 Å². The Morgan fingerprint density at radius 3 is 2.04 bits per heavy atom. The standard InChI is InChI=1S/C20H40N2O5/c1-16(23)15-22(13-9-8-11-17(24)26-19(2,3)4)14-10-12-21-18(25)27-20(5,6)7/h16,23H,8-15H2,1-7H3,(H,21,25). The van der Waals surface area contributed by atoms with Gasteiger partial charge in [-0.05, 0) is 80.8 Å². The zero-order valence-corrected chi connectivity index (χ0v) is 18.3. The number of carbonyl (C=O) groups is 2. The number of hydrogen-bond donors (Lipinski definition) is 2. The van der Waals surface area contributed by atoms with Gasteiger partial charge in [-0.2, -0.15) is 0 Å². The number of aliphatic hydroxyl groups is 1. The van der Waals surface area contributed by atoms with Gasteiger partial charge in [0.25, 0.3) is 0 Å². The number of hydrogen-bond acceptors (Lipinski definition) is 6. The summed E-state index contributed by atoms with van der Waals surface area (Å²) in [5.41, 5.74) is -0.951. The molecule has 27 heavy (non-hydrogen) atoms. The van der Waals surface area contributed by atoms with Crippen LogP contribution in [0, 0.1) is 0 Å². The molecule has 1 amide bonds. The molecule has 0 radical (unpaired) electrons. The van der Waals surface area contributed by atoms with Crippen LogP contribution < -0.4 is 5.32 Å². The maximum atomic E-state index is 11.7. The molecule has 0 aliphatic rings. The van der Waals surface area contributed by atoms with E-state index < -0.39 is 23.4 Å². The fourth-order valence-electron chi connectivity index (χ4n) is 2.47. The topological polar surface area (TPSA) is 88.1 Å². The Morgan fingerprint density at radius 2 is 1.52 bits per heavy atom. The minimum Gasteiger partial charge on any atom is -0.460 e. The molecule has 1 unspecified atom stereocenters. The zero-order chi connectivity index (χ0) is 21.1. The van der Waals surface area contributed by atoms with Crippen LogP contribution in [0.4, 0.5) is 4.79 Å². The summed E-state index contributed by atoms with van der Waals surface area (Å²) in [5, 5.41) is 12.4. The predicted octanol–water partition coefficient (Wildman–Crippen LogP) is 3.10. The Labute approximate surface area is 164 Å². The Bertz CT molecular complexity index is 403. The summed E-state index contributed by atoms with van der Waals surface area (Å²) in [6.07, 6.45) is 1.93. The minimum absolute atomic E-state index is 0.175. The lowest BCUT2D eigenvalue weighted by Gasteiger charge is -2.24. The van der Waals surface area contributed by atoms with Gasteiger partial charge in [-0.3, -0.25) is 4.79 Å². The third-order valence-corrected chi connectivity index (χ3v) is 3.37. The number of nitrogens with one attached hydrogen (secondary N) is 1. The van der Waals surface area contributed by atoms with E-state index in [1.165, 1.54) is 0 Å². The van der Waals surface area contributed by atoms with Gasteiger partial charge in [-0.1, -0.05) is 0 Å². The van der Waals surface area contributed by atoms with Crippen molar-refractivity contribution < 1.29 is 24.2 Å². The van der Waals surface area contributed by atoms with E-state index in [0.717, 1.165) is 32.4 Å². The van der Waals surface area contributed by atoms with Crippen molar-refractivity contribution in [1.29, 1.82) is 0 Å². The summed E-state index contributed by atoms with van der Waals surface area (Å²) in [4.78, 5) is 25.5. The molecule has 0 aromatic heterocycles. The highest BCUT2D eigenvalue weighted by molar-refractivity contribution is 5.69. The van der Waals surface area contributed by atoms with E-state index in [0.29, 0.717) is 19.5 Å². The molecule has 0 spiro atoms. The normalized spacial score (nSPS) is 13.4. The molecular weight excluding hydrogens is 348 g/mol. The summed E-state index contributed by atoms with van der Waals surface area (Å²) >= 11 is 0. The van der Waals surface area contributed by atoms with Crippen LogP contribution in [0.25, 0.3) is 0 Å². The number of ether oxygens (including phenoxy) is 2. The summed E-state index contributed by atoms with van der Waals surface area (Å²) < 4.78 is 10.5. The van der Waals surface area contributed by atoms with Crippen molar-refractivity contribution >= 4 is 12.1 Å². The van der Waals surface area contributed by atoms with Crippen molar-refractivity contribution in [2.24, 2.45) is 0 Å². The summed E-state index contributed by atoms with van der Waals surface area (Å²) in [6, 6.07) is 0. The molecule has 0 fully saturated rings. The maximum absolute atomic E-state index is 11.7. The van der Waals surface area contributed by atoms with Crippen LogP contribution in [-0.2, 0) is 14.3 Å². The van der Waals surface area contributed by atoms with Gasteiger partial charge in [-0.15, -0.1) is 0 Å². The first-order chi connectivity index (χ1) is 12.3. The van der Waals surface area contributed by atoms with Gasteiger partial charge in [0, 0.05) is 19.5 Å². The smallest absolute Gasteiger partial charge is 0.407 e. The third kappa shape index (κ3) is 17.8. The van der Waals surface area contributed by atoms with E-state index in [-0.39, 0.29) is 5.97 Å². The molecule has 0 heterocycles. The summed E-state index contributed by atoms with van der Waals surface area (Å²) in [5.74, 6) is -0.175. The Balaban J connectivity index is 4.08. The van der Waals surface area contributed by atoms with Crippen molar-refractivity contribution in [3.8, 4) is 0 Å². The largest absolute Gasteiger partial charge is 0.460 e. The van der Waals surface area contributed by atoms with Crippen LogP contribution in [0.1, 0.15) is 74.1 Å². The fraction of sp³-hybridized carbons (Fsp3) is 0.900.